The van der Waals surface area contributed by atoms with Gasteiger partial charge in [-0.15, -0.1) is 0 Å². The molecule has 0 aromatic carbocycles. The second-order valence-corrected chi connectivity index (χ2v) is 6.08. The Hall–Kier alpha value is -1.56. The number of nitrogens with one attached hydrogen (secondary N) is 1. The molecule has 20 heavy (non-hydrogen) atoms. The first kappa shape index (κ1) is 13.4. The molecule has 0 radical (unpaired) electrons. The smallest absolute Gasteiger partial charge is 0.356 e. The summed E-state index contributed by atoms with van der Waals surface area (Å²) in [6.45, 7) is 0. The van der Waals surface area contributed by atoms with E-state index in [1.165, 1.54) is 0 Å². The average molecular weight is 291 g/mol. The molecule has 1 saturated carbocycles. The Bertz CT molecular complexity index is 592. The van der Waals surface area contributed by atoms with E-state index < -0.39 is 0 Å². The Labute approximate surface area is 122 Å². The highest BCUT2D eigenvalue weighted by Crippen LogP contribution is 2.31. The summed E-state index contributed by atoms with van der Waals surface area (Å²) in [6, 6.07) is 2.54. The summed E-state index contributed by atoms with van der Waals surface area (Å²) in [5.41, 5.74) is 0.887. The van der Waals surface area contributed by atoms with E-state index in [0.717, 1.165) is 60.0 Å². The fourth-order valence-electron chi connectivity index (χ4n) is 3.11. The molecular weight excluding hydrogens is 272 g/mol. The largest absolute Gasteiger partial charge is 0.458 e. The van der Waals surface area contributed by atoms with Crippen molar-refractivity contribution < 1.29 is 4.21 Å². The number of aromatic nitrogens is 3. The lowest BCUT2D eigenvalue weighted by Crippen LogP contribution is -2.36. The monoisotopic (exact) mass is 291 g/mol. The van der Waals surface area contributed by atoms with E-state index in [-0.39, 0.29) is 0 Å². The van der Waals surface area contributed by atoms with Gasteiger partial charge in [0.25, 0.3) is 0 Å². The van der Waals surface area contributed by atoms with Gasteiger partial charge in [0, 0.05) is 29.4 Å². The summed E-state index contributed by atoms with van der Waals surface area (Å²) in [5.74, 6) is 2.35. The molecule has 2 aromatic heterocycles. The number of hydrogen-bond donors (Lipinski definition) is 1. The van der Waals surface area contributed by atoms with Gasteiger partial charge in [0.15, 0.2) is 0 Å². The average Bonchev–Trinajstić information content (AvgIpc) is 2.96. The quantitative estimate of drug-likeness (QED) is 0.879. The van der Waals surface area contributed by atoms with Crippen molar-refractivity contribution in [2.45, 2.75) is 31.7 Å². The Kier molecular flexibility index (Phi) is 3.91. The standard InChI is InChI=1S/C14H19N4OS/c1-18(11-4-2-10(3-5-11)8-20-19)14-12-6-7-15-13(12)16-9-17-14/h6-7,9-11H,2-5,8H2,1H3,(H,15,16,17)/q+1/t10-,11-. The molecule has 1 aliphatic rings. The second kappa shape index (κ2) is 5.83. The van der Waals surface area contributed by atoms with Gasteiger partial charge in [-0.2, -0.15) is 0 Å². The van der Waals surface area contributed by atoms with Crippen molar-refractivity contribution in [1.29, 1.82) is 0 Å². The zero-order valence-corrected chi connectivity index (χ0v) is 12.4. The lowest BCUT2D eigenvalue weighted by atomic mass is 9.86. The first-order chi connectivity index (χ1) is 9.79. The highest BCUT2D eigenvalue weighted by atomic mass is 32.1. The molecule has 1 fully saturated rings. The Morgan fingerprint density at radius 3 is 2.90 bits per heavy atom. The van der Waals surface area contributed by atoms with E-state index in [1.807, 2.05) is 12.3 Å². The van der Waals surface area contributed by atoms with E-state index in [2.05, 4.69) is 26.9 Å². The molecule has 0 spiro atoms. The number of hydrogen-bond acceptors (Lipinski definition) is 4. The number of fused-ring (bicyclic) bond motifs is 1. The van der Waals surface area contributed by atoms with Gasteiger partial charge in [-0.05, 0) is 31.7 Å². The minimum absolute atomic E-state index is 0.510. The minimum Gasteiger partial charge on any atom is -0.356 e. The molecule has 6 heteroatoms. The van der Waals surface area contributed by atoms with Crippen LogP contribution < -0.4 is 4.90 Å². The van der Waals surface area contributed by atoms with Crippen LogP contribution in [-0.2, 0) is 15.9 Å². The fraction of sp³-hybridized carbons (Fsp3) is 0.571. The Morgan fingerprint density at radius 1 is 1.35 bits per heavy atom. The first-order valence-electron chi connectivity index (χ1n) is 7.05. The predicted molar refractivity (Wildman–Crippen MR) is 81.0 cm³/mol. The molecule has 1 N–H and O–H groups in total. The van der Waals surface area contributed by atoms with Crippen LogP contribution in [0.5, 0.6) is 0 Å². The van der Waals surface area contributed by atoms with Gasteiger partial charge in [-0.3, -0.25) is 0 Å². The molecule has 5 nitrogen and oxygen atoms in total. The van der Waals surface area contributed by atoms with Crippen molar-refractivity contribution in [3.8, 4) is 0 Å². The van der Waals surface area contributed by atoms with Gasteiger partial charge < -0.3 is 9.88 Å². The summed E-state index contributed by atoms with van der Waals surface area (Å²) < 4.78 is 10.6. The molecule has 0 amide bonds. The van der Waals surface area contributed by atoms with Crippen molar-refractivity contribution in [2.75, 3.05) is 17.7 Å². The highest BCUT2D eigenvalue weighted by molar-refractivity contribution is 7.65. The molecular formula is C14H19N4OS+. The summed E-state index contributed by atoms with van der Waals surface area (Å²) in [4.78, 5) is 14.1. The number of H-pyrrole nitrogens is 1. The van der Waals surface area contributed by atoms with Gasteiger partial charge in [0.1, 0.15) is 17.8 Å². The normalized spacial score (nSPS) is 22.9. The summed E-state index contributed by atoms with van der Waals surface area (Å²) in [6.07, 6.45) is 8.08. The van der Waals surface area contributed by atoms with E-state index in [9.17, 15) is 4.21 Å². The molecule has 0 atom stereocenters. The maximum absolute atomic E-state index is 10.6. The second-order valence-electron chi connectivity index (χ2n) is 5.51. The molecule has 2 aromatic rings. The van der Waals surface area contributed by atoms with Crippen LogP contribution in [0.25, 0.3) is 11.0 Å². The summed E-state index contributed by atoms with van der Waals surface area (Å²) in [5, 5.41) is 1.08. The minimum atomic E-state index is 0.510. The van der Waals surface area contributed by atoms with Gasteiger partial charge in [0.05, 0.1) is 5.39 Å². The lowest BCUT2D eigenvalue weighted by Gasteiger charge is -2.34. The van der Waals surface area contributed by atoms with Gasteiger partial charge in [-0.25, -0.2) is 9.97 Å². The van der Waals surface area contributed by atoms with Crippen LogP contribution in [0.2, 0.25) is 0 Å². The Balaban J connectivity index is 1.75. The van der Waals surface area contributed by atoms with E-state index in [4.69, 9.17) is 0 Å². The van der Waals surface area contributed by atoms with Crippen molar-refractivity contribution in [3.05, 3.63) is 18.6 Å². The highest BCUT2D eigenvalue weighted by Gasteiger charge is 2.28. The zero-order valence-electron chi connectivity index (χ0n) is 11.6. The molecule has 0 unspecified atom stereocenters. The summed E-state index contributed by atoms with van der Waals surface area (Å²) in [7, 11) is 2.11. The fourth-order valence-corrected chi connectivity index (χ4v) is 3.63. The van der Waals surface area contributed by atoms with Crippen molar-refractivity contribution in [3.63, 3.8) is 0 Å². The number of aromatic amines is 1. The molecule has 0 aliphatic heterocycles. The van der Waals surface area contributed by atoms with Crippen LogP contribution in [0.1, 0.15) is 25.7 Å². The van der Waals surface area contributed by atoms with Crippen LogP contribution in [0.4, 0.5) is 5.82 Å². The van der Waals surface area contributed by atoms with Crippen LogP contribution in [0.15, 0.2) is 18.6 Å². The van der Waals surface area contributed by atoms with E-state index in [1.54, 1.807) is 6.33 Å². The lowest BCUT2D eigenvalue weighted by molar-refractivity contribution is 0.343. The van der Waals surface area contributed by atoms with E-state index in [0.29, 0.717) is 12.0 Å². The molecule has 106 valence electrons. The summed E-state index contributed by atoms with van der Waals surface area (Å²) >= 11 is 0.729. The Morgan fingerprint density at radius 2 is 2.15 bits per heavy atom. The maximum atomic E-state index is 10.6. The van der Waals surface area contributed by atoms with Crippen LogP contribution >= 0.6 is 0 Å². The number of anilines is 1. The molecule has 2 heterocycles. The topological polar surface area (TPSA) is 61.9 Å². The molecule has 0 bridgehead atoms. The third kappa shape index (κ3) is 2.52. The van der Waals surface area contributed by atoms with Gasteiger partial charge in [-0.1, -0.05) is 0 Å². The van der Waals surface area contributed by atoms with Gasteiger partial charge in [0.2, 0.25) is 5.75 Å². The third-order valence-electron chi connectivity index (χ3n) is 4.33. The van der Waals surface area contributed by atoms with Crippen molar-refractivity contribution in [1.82, 2.24) is 15.0 Å². The number of rotatable bonds is 4. The first-order valence-corrected chi connectivity index (χ1v) is 7.96. The van der Waals surface area contributed by atoms with Crippen LogP contribution in [0.3, 0.4) is 0 Å². The predicted octanol–water partition coefficient (Wildman–Crippen LogP) is 2.38. The SMILES string of the molecule is CN(c1ncnc2[nH]ccc12)[C@H]1CC[C@H](C[S+]=O)CC1. The molecule has 0 saturated heterocycles. The molecule has 3 rings (SSSR count). The van der Waals surface area contributed by atoms with Gasteiger partial charge >= 0.3 is 11.7 Å². The number of nitrogens with zero attached hydrogens (tertiary/aromatic N) is 3. The maximum Gasteiger partial charge on any atom is 0.458 e. The zero-order chi connectivity index (χ0) is 13.9. The van der Waals surface area contributed by atoms with Crippen LogP contribution in [0, 0.1) is 5.92 Å². The van der Waals surface area contributed by atoms with E-state index >= 15 is 0 Å². The van der Waals surface area contributed by atoms with Crippen molar-refractivity contribution in [2.24, 2.45) is 5.92 Å². The van der Waals surface area contributed by atoms with Crippen LogP contribution in [-0.4, -0.2) is 33.8 Å². The third-order valence-corrected chi connectivity index (χ3v) is 4.94. The molecule has 1 aliphatic carbocycles. The van der Waals surface area contributed by atoms with Crippen molar-refractivity contribution >= 4 is 28.5 Å².